The molecule has 1 saturated heterocycles. The van der Waals surface area contributed by atoms with Crippen molar-refractivity contribution in [3.8, 4) is 0 Å². The first-order valence-electron chi connectivity index (χ1n) is 10.3. The molecule has 1 fully saturated rings. The summed E-state index contributed by atoms with van der Waals surface area (Å²) in [4.78, 5) is 24.2. The standard InChI is InChI=1S/C22H24ClN3O5S/c1-14-3-4-16(12-18(14)23)24-21(27)11-15-7-9-26(10-8-15)32(29,30)17-5-6-19-20(13-17)31-22(28)25(19)2/h3-6,12-13,15H,7-11H2,1-2H3,(H,24,27). The summed E-state index contributed by atoms with van der Waals surface area (Å²) in [5.74, 6) is -0.561. The average Bonchev–Trinajstić information content (AvgIpc) is 3.04. The van der Waals surface area contributed by atoms with E-state index in [9.17, 15) is 18.0 Å². The number of piperidine rings is 1. The van der Waals surface area contributed by atoms with Crippen LogP contribution in [-0.2, 0) is 21.9 Å². The van der Waals surface area contributed by atoms with Gasteiger partial charge in [-0.2, -0.15) is 4.31 Å². The van der Waals surface area contributed by atoms with E-state index in [4.69, 9.17) is 16.0 Å². The molecule has 1 N–H and O–H groups in total. The highest BCUT2D eigenvalue weighted by Gasteiger charge is 2.30. The molecule has 32 heavy (non-hydrogen) atoms. The Hall–Kier alpha value is -2.62. The first kappa shape index (κ1) is 22.6. The third kappa shape index (κ3) is 4.46. The van der Waals surface area contributed by atoms with E-state index in [0.717, 1.165) is 5.56 Å². The summed E-state index contributed by atoms with van der Waals surface area (Å²) in [6.45, 7) is 2.55. The van der Waals surface area contributed by atoms with Crippen molar-refractivity contribution < 1.29 is 17.6 Å². The number of fused-ring (bicyclic) bond motifs is 1. The lowest BCUT2D eigenvalue weighted by molar-refractivity contribution is -0.117. The Bertz CT molecular complexity index is 1340. The molecule has 0 radical (unpaired) electrons. The van der Waals surface area contributed by atoms with Gasteiger partial charge in [-0.1, -0.05) is 17.7 Å². The van der Waals surface area contributed by atoms with Gasteiger partial charge in [0.2, 0.25) is 15.9 Å². The molecule has 1 aliphatic heterocycles. The molecule has 0 unspecified atom stereocenters. The minimum absolute atomic E-state index is 0.0896. The van der Waals surface area contributed by atoms with Crippen molar-refractivity contribution in [2.24, 2.45) is 13.0 Å². The van der Waals surface area contributed by atoms with Gasteiger partial charge in [-0.05, 0) is 55.5 Å². The van der Waals surface area contributed by atoms with Crippen molar-refractivity contribution in [2.45, 2.75) is 31.1 Å². The Labute approximate surface area is 190 Å². The van der Waals surface area contributed by atoms with Crippen LogP contribution < -0.4 is 11.1 Å². The summed E-state index contributed by atoms with van der Waals surface area (Å²) < 4.78 is 34.0. The van der Waals surface area contributed by atoms with Crippen molar-refractivity contribution in [1.29, 1.82) is 0 Å². The first-order chi connectivity index (χ1) is 15.1. The number of sulfonamides is 1. The molecule has 8 nitrogen and oxygen atoms in total. The highest BCUT2D eigenvalue weighted by Crippen LogP contribution is 2.28. The van der Waals surface area contributed by atoms with Crippen LogP contribution in [0.1, 0.15) is 24.8 Å². The van der Waals surface area contributed by atoms with Gasteiger partial charge in [0, 0.05) is 43.3 Å². The number of carbonyl (C=O) groups excluding carboxylic acids is 1. The number of amides is 1. The van der Waals surface area contributed by atoms with Gasteiger partial charge in [0.25, 0.3) is 0 Å². The molecule has 1 aromatic heterocycles. The minimum Gasteiger partial charge on any atom is -0.408 e. The van der Waals surface area contributed by atoms with Crippen LogP contribution in [-0.4, -0.2) is 36.3 Å². The van der Waals surface area contributed by atoms with Crippen LogP contribution in [0.5, 0.6) is 0 Å². The lowest BCUT2D eigenvalue weighted by Gasteiger charge is -2.31. The van der Waals surface area contributed by atoms with E-state index < -0.39 is 15.8 Å². The number of hydrogen-bond donors (Lipinski definition) is 1. The van der Waals surface area contributed by atoms with Gasteiger partial charge in [0.05, 0.1) is 10.4 Å². The normalized spacial score (nSPS) is 15.8. The minimum atomic E-state index is -3.72. The summed E-state index contributed by atoms with van der Waals surface area (Å²) in [5, 5.41) is 3.45. The number of halogens is 1. The van der Waals surface area contributed by atoms with Crippen LogP contribution in [0.2, 0.25) is 5.02 Å². The number of hydrogen-bond acceptors (Lipinski definition) is 5. The molecule has 0 aliphatic carbocycles. The topological polar surface area (TPSA) is 102 Å². The van der Waals surface area contributed by atoms with Gasteiger partial charge in [-0.15, -0.1) is 0 Å². The largest absolute Gasteiger partial charge is 0.419 e. The molecule has 1 amide bonds. The third-order valence-corrected chi connectivity index (χ3v) is 8.21. The fourth-order valence-corrected chi connectivity index (χ4v) is 5.59. The molecule has 0 spiro atoms. The Morgan fingerprint density at radius 2 is 1.91 bits per heavy atom. The fourth-order valence-electron chi connectivity index (χ4n) is 3.92. The van der Waals surface area contributed by atoms with E-state index in [1.807, 2.05) is 13.0 Å². The number of carbonyl (C=O) groups is 1. The van der Waals surface area contributed by atoms with E-state index in [1.54, 1.807) is 25.2 Å². The van der Waals surface area contributed by atoms with Gasteiger partial charge in [-0.3, -0.25) is 9.36 Å². The summed E-state index contributed by atoms with van der Waals surface area (Å²) in [7, 11) is -2.15. The molecule has 4 rings (SSSR count). The van der Waals surface area contributed by atoms with Gasteiger partial charge >= 0.3 is 5.76 Å². The Morgan fingerprint density at radius 3 is 2.59 bits per heavy atom. The second kappa shape index (κ2) is 8.73. The second-order valence-corrected chi connectivity index (χ2v) is 10.5. The highest BCUT2D eigenvalue weighted by atomic mass is 35.5. The molecule has 0 saturated carbocycles. The third-order valence-electron chi connectivity index (χ3n) is 5.90. The van der Waals surface area contributed by atoms with Crippen molar-refractivity contribution in [2.75, 3.05) is 18.4 Å². The van der Waals surface area contributed by atoms with Crippen LogP contribution in [0.4, 0.5) is 5.69 Å². The lowest BCUT2D eigenvalue weighted by Crippen LogP contribution is -2.39. The number of rotatable bonds is 5. The summed E-state index contributed by atoms with van der Waals surface area (Å²) in [6, 6.07) is 9.81. The van der Waals surface area contributed by atoms with Crippen molar-refractivity contribution in [3.05, 3.63) is 57.5 Å². The van der Waals surface area contributed by atoms with Crippen LogP contribution in [0, 0.1) is 12.8 Å². The van der Waals surface area contributed by atoms with E-state index in [2.05, 4.69) is 5.32 Å². The Balaban J connectivity index is 1.37. The first-order valence-corrected chi connectivity index (χ1v) is 12.1. The van der Waals surface area contributed by atoms with E-state index >= 15 is 0 Å². The van der Waals surface area contributed by atoms with E-state index in [1.165, 1.54) is 21.0 Å². The molecule has 1 aliphatic rings. The molecular formula is C22H24ClN3O5S. The van der Waals surface area contributed by atoms with Gasteiger partial charge in [-0.25, -0.2) is 13.2 Å². The number of oxazole rings is 1. The smallest absolute Gasteiger partial charge is 0.408 e. The number of benzene rings is 2. The van der Waals surface area contributed by atoms with Crippen LogP contribution in [0.15, 0.2) is 50.5 Å². The summed E-state index contributed by atoms with van der Waals surface area (Å²) in [6.07, 6.45) is 1.49. The maximum absolute atomic E-state index is 13.1. The Morgan fingerprint density at radius 1 is 1.19 bits per heavy atom. The summed E-state index contributed by atoms with van der Waals surface area (Å²) >= 11 is 6.10. The lowest BCUT2D eigenvalue weighted by atomic mass is 9.94. The highest BCUT2D eigenvalue weighted by molar-refractivity contribution is 7.89. The maximum Gasteiger partial charge on any atom is 0.419 e. The molecule has 2 aromatic carbocycles. The van der Waals surface area contributed by atoms with Crippen LogP contribution in [0.25, 0.3) is 11.1 Å². The molecular weight excluding hydrogens is 454 g/mol. The van der Waals surface area contributed by atoms with Crippen LogP contribution >= 0.6 is 11.6 Å². The maximum atomic E-state index is 13.1. The zero-order valence-corrected chi connectivity index (χ0v) is 19.4. The number of aromatic nitrogens is 1. The monoisotopic (exact) mass is 477 g/mol. The number of anilines is 1. The van der Waals surface area contributed by atoms with Gasteiger partial charge < -0.3 is 9.73 Å². The molecule has 0 bridgehead atoms. The van der Waals surface area contributed by atoms with Crippen molar-refractivity contribution in [1.82, 2.24) is 8.87 Å². The molecule has 2 heterocycles. The number of nitrogens with zero attached hydrogens (tertiary/aromatic N) is 2. The quantitative estimate of drug-likeness (QED) is 0.605. The zero-order chi connectivity index (χ0) is 23.0. The zero-order valence-electron chi connectivity index (χ0n) is 17.8. The van der Waals surface area contributed by atoms with Crippen LogP contribution in [0.3, 0.4) is 0 Å². The molecule has 170 valence electrons. The summed E-state index contributed by atoms with van der Waals surface area (Å²) in [5.41, 5.74) is 2.36. The SMILES string of the molecule is Cc1ccc(NC(=O)CC2CCN(S(=O)(=O)c3ccc4c(c3)oc(=O)n4C)CC2)cc1Cl. The van der Waals surface area contributed by atoms with Crippen molar-refractivity contribution in [3.63, 3.8) is 0 Å². The second-order valence-electron chi connectivity index (χ2n) is 8.12. The van der Waals surface area contributed by atoms with E-state index in [-0.39, 0.29) is 22.3 Å². The molecule has 3 aromatic rings. The van der Waals surface area contributed by atoms with E-state index in [0.29, 0.717) is 48.6 Å². The molecule has 0 atom stereocenters. The fraction of sp³-hybridized carbons (Fsp3) is 0.364. The number of nitrogens with one attached hydrogen (secondary N) is 1. The average molecular weight is 478 g/mol. The Kier molecular flexibility index (Phi) is 6.15. The number of aryl methyl sites for hydroxylation is 2. The predicted octanol–water partition coefficient (Wildman–Crippen LogP) is 3.52. The van der Waals surface area contributed by atoms with Gasteiger partial charge in [0.15, 0.2) is 5.58 Å². The molecule has 10 heteroatoms. The van der Waals surface area contributed by atoms with Crippen molar-refractivity contribution >= 4 is 44.3 Å². The predicted molar refractivity (Wildman–Crippen MR) is 122 cm³/mol. The van der Waals surface area contributed by atoms with Gasteiger partial charge in [0.1, 0.15) is 0 Å².